The van der Waals surface area contributed by atoms with Crippen LogP contribution in [-0.4, -0.2) is 43.1 Å². The second kappa shape index (κ2) is 7.81. The minimum absolute atomic E-state index is 0.263. The smallest absolute Gasteiger partial charge is 0.243 e. The van der Waals surface area contributed by atoms with Crippen LogP contribution in [-0.2, 0) is 0 Å². The summed E-state index contributed by atoms with van der Waals surface area (Å²) in [4.78, 5) is 11.4. The highest BCUT2D eigenvalue weighted by Crippen LogP contribution is 2.29. The average molecular weight is 444 g/mol. The van der Waals surface area contributed by atoms with Crippen LogP contribution < -0.4 is 10.2 Å². The number of benzene rings is 1. The fourth-order valence-electron chi connectivity index (χ4n) is 3.69. The molecule has 5 rings (SSSR count). The van der Waals surface area contributed by atoms with Crippen LogP contribution in [0.1, 0.15) is 18.7 Å². The summed E-state index contributed by atoms with van der Waals surface area (Å²) in [5.74, 6) is 1.01. The minimum atomic E-state index is -0.343. The Labute approximate surface area is 181 Å². The minimum Gasteiger partial charge on any atom is -0.350 e. The van der Waals surface area contributed by atoms with Gasteiger partial charge in [-0.25, -0.2) is 13.9 Å². The Morgan fingerprint density at radius 3 is 2.77 bits per heavy atom. The van der Waals surface area contributed by atoms with E-state index in [1.54, 1.807) is 16.8 Å². The Bertz CT molecular complexity index is 1200. The van der Waals surface area contributed by atoms with E-state index in [-0.39, 0.29) is 11.9 Å². The van der Waals surface area contributed by atoms with Crippen molar-refractivity contribution in [2.24, 2.45) is 0 Å². The normalized spacial score (nSPS) is 15.1. The van der Waals surface area contributed by atoms with Crippen molar-refractivity contribution in [1.29, 1.82) is 0 Å². The van der Waals surface area contributed by atoms with Gasteiger partial charge in [0.05, 0.1) is 0 Å². The summed E-state index contributed by atoms with van der Waals surface area (Å²) in [5, 5.41) is 9.41. The predicted molar refractivity (Wildman–Crippen MR) is 117 cm³/mol. The number of halogens is 2. The largest absolute Gasteiger partial charge is 0.350 e. The maximum Gasteiger partial charge on any atom is 0.243 e. The summed E-state index contributed by atoms with van der Waals surface area (Å²) in [6, 6.07) is 8.42. The maximum absolute atomic E-state index is 14.4. The SMILES string of the molecule is Cc1nsc(N2CCC(Nc3nc4c(-c5cc(Cl)ccc5F)cccn4n3)CC2)n1. The third-order valence-corrected chi connectivity index (χ3v) is 6.30. The van der Waals surface area contributed by atoms with Crippen molar-refractivity contribution in [2.45, 2.75) is 25.8 Å². The molecule has 1 saturated heterocycles. The highest BCUT2D eigenvalue weighted by atomic mass is 35.5. The van der Waals surface area contributed by atoms with Gasteiger partial charge in [0, 0.05) is 53.0 Å². The molecule has 0 aliphatic carbocycles. The van der Waals surface area contributed by atoms with Gasteiger partial charge in [0.15, 0.2) is 5.65 Å². The number of anilines is 2. The van der Waals surface area contributed by atoms with Crippen LogP contribution in [0.5, 0.6) is 0 Å². The monoisotopic (exact) mass is 443 g/mol. The molecule has 0 bridgehead atoms. The molecule has 154 valence electrons. The zero-order chi connectivity index (χ0) is 20.7. The van der Waals surface area contributed by atoms with Gasteiger partial charge in [0.25, 0.3) is 0 Å². The van der Waals surface area contributed by atoms with Gasteiger partial charge in [-0.3, -0.25) is 0 Å². The first kappa shape index (κ1) is 19.2. The van der Waals surface area contributed by atoms with Crippen LogP contribution in [0.15, 0.2) is 36.5 Å². The number of rotatable bonds is 4. The molecule has 0 amide bonds. The van der Waals surface area contributed by atoms with E-state index >= 15 is 0 Å². The summed E-state index contributed by atoms with van der Waals surface area (Å²) in [6.45, 7) is 3.71. The summed E-state index contributed by atoms with van der Waals surface area (Å²) in [5.41, 5.74) is 1.65. The first-order chi connectivity index (χ1) is 14.6. The molecule has 4 aromatic rings. The fourth-order valence-corrected chi connectivity index (χ4v) is 4.59. The van der Waals surface area contributed by atoms with Crippen molar-refractivity contribution in [3.05, 3.63) is 53.2 Å². The zero-order valence-electron chi connectivity index (χ0n) is 16.2. The number of hydrogen-bond acceptors (Lipinski definition) is 7. The quantitative estimate of drug-likeness (QED) is 0.503. The van der Waals surface area contributed by atoms with E-state index in [9.17, 15) is 4.39 Å². The van der Waals surface area contributed by atoms with E-state index in [1.165, 1.54) is 23.7 Å². The van der Waals surface area contributed by atoms with Crippen molar-refractivity contribution in [1.82, 2.24) is 24.0 Å². The maximum atomic E-state index is 14.4. The molecule has 10 heteroatoms. The van der Waals surface area contributed by atoms with Crippen molar-refractivity contribution in [3.63, 3.8) is 0 Å². The molecule has 3 aromatic heterocycles. The van der Waals surface area contributed by atoms with Gasteiger partial charge in [0.2, 0.25) is 11.1 Å². The highest BCUT2D eigenvalue weighted by Gasteiger charge is 2.23. The van der Waals surface area contributed by atoms with Crippen molar-refractivity contribution >= 4 is 39.9 Å². The number of pyridine rings is 1. The van der Waals surface area contributed by atoms with Crippen LogP contribution in [0.3, 0.4) is 0 Å². The average Bonchev–Trinajstić information content (AvgIpc) is 3.36. The Balaban J connectivity index is 1.34. The molecule has 0 atom stereocenters. The molecular weight excluding hydrogens is 425 g/mol. The van der Waals surface area contributed by atoms with Crippen LogP contribution in [0.2, 0.25) is 5.02 Å². The van der Waals surface area contributed by atoms with Crippen molar-refractivity contribution in [2.75, 3.05) is 23.3 Å². The summed E-state index contributed by atoms with van der Waals surface area (Å²) in [6.07, 6.45) is 3.70. The summed E-state index contributed by atoms with van der Waals surface area (Å²) < 4.78 is 20.3. The van der Waals surface area contributed by atoms with Crippen LogP contribution >= 0.6 is 23.1 Å². The molecule has 1 aromatic carbocycles. The molecule has 0 spiro atoms. The lowest BCUT2D eigenvalue weighted by molar-refractivity contribution is 0.523. The number of fused-ring (bicyclic) bond motifs is 1. The number of aromatic nitrogens is 5. The van der Waals surface area contributed by atoms with Crippen molar-refractivity contribution in [3.8, 4) is 11.1 Å². The third-order valence-electron chi connectivity index (χ3n) is 5.20. The highest BCUT2D eigenvalue weighted by molar-refractivity contribution is 7.09. The summed E-state index contributed by atoms with van der Waals surface area (Å²) >= 11 is 7.52. The molecule has 1 N–H and O–H groups in total. The zero-order valence-corrected chi connectivity index (χ0v) is 17.8. The van der Waals surface area contributed by atoms with E-state index in [2.05, 4.69) is 29.7 Å². The molecule has 1 aliphatic heterocycles. The van der Waals surface area contributed by atoms with Gasteiger partial charge in [0.1, 0.15) is 11.6 Å². The molecule has 0 radical (unpaired) electrons. The Hall–Kier alpha value is -2.78. The Morgan fingerprint density at radius 2 is 2.00 bits per heavy atom. The van der Waals surface area contributed by atoms with Crippen LogP contribution in [0.4, 0.5) is 15.5 Å². The van der Waals surface area contributed by atoms with E-state index < -0.39 is 0 Å². The van der Waals surface area contributed by atoms with Gasteiger partial charge in [-0.1, -0.05) is 11.6 Å². The lowest BCUT2D eigenvalue weighted by atomic mass is 10.1. The van der Waals surface area contributed by atoms with Gasteiger partial charge in [-0.2, -0.15) is 9.36 Å². The van der Waals surface area contributed by atoms with Gasteiger partial charge in [-0.15, -0.1) is 5.10 Å². The van der Waals surface area contributed by atoms with Crippen molar-refractivity contribution < 1.29 is 4.39 Å². The Morgan fingerprint density at radius 1 is 1.17 bits per heavy atom. The Kier molecular flexibility index (Phi) is 5.00. The van der Waals surface area contributed by atoms with Crippen LogP contribution in [0, 0.1) is 12.7 Å². The molecule has 1 aliphatic rings. The molecule has 0 unspecified atom stereocenters. The molecule has 1 fully saturated rings. The van der Waals surface area contributed by atoms with E-state index in [1.807, 2.05) is 19.1 Å². The second-order valence-corrected chi connectivity index (χ2v) is 8.45. The first-order valence-electron chi connectivity index (χ1n) is 9.69. The van der Waals surface area contributed by atoms with E-state index in [4.69, 9.17) is 11.6 Å². The number of aryl methyl sites for hydroxylation is 1. The molecule has 30 heavy (non-hydrogen) atoms. The van der Waals surface area contributed by atoms with E-state index in [0.29, 0.717) is 27.7 Å². The number of piperidine rings is 1. The molecule has 4 heterocycles. The van der Waals surface area contributed by atoms with Gasteiger partial charge >= 0.3 is 0 Å². The molecule has 7 nitrogen and oxygen atoms in total. The lowest BCUT2D eigenvalue weighted by Gasteiger charge is -2.31. The van der Waals surface area contributed by atoms with Gasteiger partial charge in [-0.05, 0) is 50.1 Å². The van der Waals surface area contributed by atoms with Crippen LogP contribution in [0.25, 0.3) is 16.8 Å². The number of hydrogen-bond donors (Lipinski definition) is 1. The second-order valence-electron chi connectivity index (χ2n) is 7.28. The number of nitrogens with zero attached hydrogens (tertiary/aromatic N) is 6. The standard InChI is InChI=1S/C20H19ClFN7S/c1-12-23-20(30-27-12)28-9-6-14(7-10-28)24-19-25-18-15(3-2-8-29(18)26-19)16-11-13(21)4-5-17(16)22/h2-5,8,11,14H,6-7,9-10H2,1H3,(H,24,26). The molecule has 0 saturated carbocycles. The third kappa shape index (κ3) is 3.70. The van der Waals surface area contributed by atoms with Gasteiger partial charge < -0.3 is 10.2 Å². The lowest BCUT2D eigenvalue weighted by Crippen LogP contribution is -2.39. The molecular formula is C20H19ClFN7S. The topological polar surface area (TPSA) is 71.2 Å². The fraction of sp³-hybridized carbons (Fsp3) is 0.300. The first-order valence-corrected chi connectivity index (χ1v) is 10.8. The summed E-state index contributed by atoms with van der Waals surface area (Å²) in [7, 11) is 0. The van der Waals surface area contributed by atoms with E-state index in [0.717, 1.165) is 36.9 Å². The number of nitrogens with one attached hydrogen (secondary N) is 1. The predicted octanol–water partition coefficient (Wildman–Crippen LogP) is 4.43.